The molecule has 9 heteroatoms. The molecule has 4 rings (SSSR count). The van der Waals surface area contributed by atoms with Crippen molar-refractivity contribution in [1.29, 1.82) is 0 Å². The van der Waals surface area contributed by atoms with Crippen molar-refractivity contribution in [3.05, 3.63) is 77.4 Å². The number of rotatable bonds is 5. The number of hydrogen-bond acceptors (Lipinski definition) is 7. The molecule has 0 aliphatic rings. The maximum atomic E-state index is 12.9. The van der Waals surface area contributed by atoms with Crippen LogP contribution >= 0.6 is 0 Å². The quantitative estimate of drug-likeness (QED) is 0.402. The Bertz CT molecular complexity index is 1330. The summed E-state index contributed by atoms with van der Waals surface area (Å²) in [7, 11) is 0. The van der Waals surface area contributed by atoms with Crippen LogP contribution < -0.4 is 16.4 Å². The van der Waals surface area contributed by atoms with Crippen LogP contribution in [-0.4, -0.2) is 30.6 Å². The van der Waals surface area contributed by atoms with Gasteiger partial charge in [0.2, 0.25) is 5.95 Å². The Morgan fingerprint density at radius 2 is 1.82 bits per heavy atom. The van der Waals surface area contributed by atoms with Gasteiger partial charge in [0.05, 0.1) is 11.8 Å². The zero-order valence-electron chi connectivity index (χ0n) is 19.9. The van der Waals surface area contributed by atoms with Crippen molar-refractivity contribution in [2.45, 2.75) is 40.0 Å². The molecule has 0 fully saturated rings. The Morgan fingerprint density at radius 1 is 1.03 bits per heavy atom. The van der Waals surface area contributed by atoms with E-state index in [1.165, 1.54) is 0 Å². The van der Waals surface area contributed by atoms with Gasteiger partial charge < -0.3 is 16.4 Å². The molecule has 9 nitrogen and oxygen atoms in total. The molecular weight excluding hydrogens is 428 g/mol. The van der Waals surface area contributed by atoms with Gasteiger partial charge in [-0.1, -0.05) is 26.8 Å². The number of nitrogen functional groups attached to an aromatic ring is 1. The van der Waals surface area contributed by atoms with Crippen LogP contribution in [0.1, 0.15) is 48.0 Å². The minimum Gasteiger partial charge on any atom is -0.368 e. The topological polar surface area (TPSA) is 124 Å². The summed E-state index contributed by atoms with van der Waals surface area (Å²) in [5, 5.41) is 10.7. The van der Waals surface area contributed by atoms with Crippen LogP contribution in [0, 0.1) is 13.8 Å². The van der Waals surface area contributed by atoms with Crippen molar-refractivity contribution < 1.29 is 4.79 Å². The molecule has 0 bridgehead atoms. The van der Waals surface area contributed by atoms with Crippen molar-refractivity contribution >= 4 is 29.0 Å². The number of aromatic nitrogens is 5. The average molecular weight is 457 g/mol. The van der Waals surface area contributed by atoms with Gasteiger partial charge in [-0.15, -0.1) is 0 Å². The highest BCUT2D eigenvalue weighted by atomic mass is 16.1. The number of hydrogen-bond donors (Lipinski definition) is 3. The van der Waals surface area contributed by atoms with Gasteiger partial charge in [0.15, 0.2) is 5.82 Å². The molecule has 0 saturated heterocycles. The minimum atomic E-state index is -0.217. The van der Waals surface area contributed by atoms with E-state index in [-0.39, 0.29) is 17.3 Å². The summed E-state index contributed by atoms with van der Waals surface area (Å²) in [4.78, 5) is 25.5. The van der Waals surface area contributed by atoms with Crippen molar-refractivity contribution in [2.75, 3.05) is 16.4 Å². The van der Waals surface area contributed by atoms with Gasteiger partial charge in [-0.3, -0.25) is 9.78 Å². The van der Waals surface area contributed by atoms with Gasteiger partial charge in [0.1, 0.15) is 5.82 Å². The first-order valence-electron chi connectivity index (χ1n) is 10.9. The van der Waals surface area contributed by atoms with Crippen molar-refractivity contribution in [3.8, 4) is 5.82 Å². The van der Waals surface area contributed by atoms with Crippen molar-refractivity contribution in [1.82, 2.24) is 24.7 Å². The number of amides is 1. The Kier molecular flexibility index (Phi) is 6.02. The molecule has 0 spiro atoms. The smallest absolute Gasteiger partial charge is 0.257 e. The van der Waals surface area contributed by atoms with E-state index in [4.69, 9.17) is 5.73 Å². The van der Waals surface area contributed by atoms with Crippen molar-refractivity contribution in [2.24, 2.45) is 0 Å². The van der Waals surface area contributed by atoms with Crippen LogP contribution in [0.4, 0.5) is 23.1 Å². The third kappa shape index (κ3) is 5.03. The fraction of sp³-hybridized carbons (Fsp3) is 0.240. The number of carbonyl (C=O) groups excluding carboxylic acids is 1. The van der Waals surface area contributed by atoms with Gasteiger partial charge in [-0.05, 0) is 48.6 Å². The molecule has 4 aromatic rings. The second-order valence-corrected chi connectivity index (χ2v) is 9.18. The van der Waals surface area contributed by atoms with Gasteiger partial charge in [-0.25, -0.2) is 4.98 Å². The van der Waals surface area contributed by atoms with Crippen molar-refractivity contribution in [3.63, 3.8) is 0 Å². The zero-order chi connectivity index (χ0) is 24.5. The summed E-state index contributed by atoms with van der Waals surface area (Å²) >= 11 is 0. The number of aryl methyl sites for hydroxylation is 2. The van der Waals surface area contributed by atoms with Crippen LogP contribution in [0.25, 0.3) is 5.82 Å². The minimum absolute atomic E-state index is 0.0972. The number of nitrogens with two attached hydrogens (primary N) is 1. The fourth-order valence-electron chi connectivity index (χ4n) is 3.41. The lowest BCUT2D eigenvalue weighted by atomic mass is 9.87. The second kappa shape index (κ2) is 8.93. The third-order valence-electron chi connectivity index (χ3n) is 5.34. The van der Waals surface area contributed by atoms with Crippen LogP contribution in [-0.2, 0) is 5.41 Å². The second-order valence-electron chi connectivity index (χ2n) is 9.18. The first-order valence-corrected chi connectivity index (χ1v) is 10.9. The predicted molar refractivity (Wildman–Crippen MR) is 134 cm³/mol. The molecule has 0 unspecified atom stereocenters. The van der Waals surface area contributed by atoms with Gasteiger partial charge in [0, 0.05) is 41.6 Å². The van der Waals surface area contributed by atoms with Crippen LogP contribution in [0.15, 0.2) is 55.0 Å². The van der Waals surface area contributed by atoms with Gasteiger partial charge in [-0.2, -0.15) is 14.8 Å². The van der Waals surface area contributed by atoms with Gasteiger partial charge >= 0.3 is 0 Å². The molecule has 0 aliphatic heterocycles. The molecule has 1 amide bonds. The standard InChI is InChI=1S/C25H28N8O/c1-15-6-7-19(30-23(34)17-11-18(14-27-13-17)25(3,4)5)12-20(15)31-21-8-9-28-33(21)22-10-16(2)29-24(26)32-22/h6-14,31H,1-5H3,(H,30,34)(H2,26,29,32). The largest absolute Gasteiger partial charge is 0.368 e. The number of carbonyl (C=O) groups is 1. The van der Waals surface area contributed by atoms with E-state index in [0.29, 0.717) is 22.9 Å². The van der Waals surface area contributed by atoms with E-state index < -0.39 is 0 Å². The highest BCUT2D eigenvalue weighted by molar-refractivity contribution is 6.04. The van der Waals surface area contributed by atoms with E-state index in [0.717, 1.165) is 22.5 Å². The predicted octanol–water partition coefficient (Wildman–Crippen LogP) is 4.55. The molecule has 0 radical (unpaired) electrons. The molecule has 1 aromatic carbocycles. The lowest BCUT2D eigenvalue weighted by molar-refractivity contribution is 0.102. The molecule has 3 heterocycles. The van der Waals surface area contributed by atoms with Crippen LogP contribution in [0.5, 0.6) is 0 Å². The summed E-state index contributed by atoms with van der Waals surface area (Å²) in [5.41, 5.74) is 10.5. The summed E-state index contributed by atoms with van der Waals surface area (Å²) in [6, 6.07) is 11.2. The van der Waals surface area contributed by atoms with E-state index >= 15 is 0 Å². The monoisotopic (exact) mass is 456 g/mol. The lowest BCUT2D eigenvalue weighted by Gasteiger charge is -2.19. The fourth-order valence-corrected chi connectivity index (χ4v) is 3.41. The number of pyridine rings is 1. The first kappa shape index (κ1) is 22.9. The summed E-state index contributed by atoms with van der Waals surface area (Å²) in [6.07, 6.45) is 5.04. The number of anilines is 4. The van der Waals surface area contributed by atoms with E-state index in [1.807, 2.05) is 44.2 Å². The van der Waals surface area contributed by atoms with Crippen LogP contribution in [0.2, 0.25) is 0 Å². The normalized spacial score (nSPS) is 11.3. The van der Waals surface area contributed by atoms with Crippen LogP contribution in [0.3, 0.4) is 0 Å². The first-order chi connectivity index (χ1) is 16.1. The molecule has 0 saturated carbocycles. The Morgan fingerprint density at radius 3 is 2.56 bits per heavy atom. The molecule has 34 heavy (non-hydrogen) atoms. The van der Waals surface area contributed by atoms with Gasteiger partial charge in [0.25, 0.3) is 5.91 Å². The highest BCUT2D eigenvalue weighted by Crippen LogP contribution is 2.26. The molecule has 3 aromatic heterocycles. The molecule has 0 atom stereocenters. The number of benzene rings is 1. The Hall–Kier alpha value is -4.27. The van der Waals surface area contributed by atoms with E-state index in [9.17, 15) is 4.79 Å². The SMILES string of the molecule is Cc1cc(-n2nccc2Nc2cc(NC(=O)c3cncc(C(C)(C)C)c3)ccc2C)nc(N)n1. The molecule has 4 N–H and O–H groups in total. The average Bonchev–Trinajstić information content (AvgIpc) is 3.23. The van der Waals surface area contributed by atoms with E-state index in [2.05, 4.69) is 51.5 Å². The number of nitrogens with one attached hydrogen (secondary N) is 2. The summed E-state index contributed by atoms with van der Waals surface area (Å²) in [6.45, 7) is 10.1. The Labute approximate surface area is 198 Å². The highest BCUT2D eigenvalue weighted by Gasteiger charge is 2.17. The number of nitrogens with zero attached hydrogens (tertiary/aromatic N) is 5. The zero-order valence-corrected chi connectivity index (χ0v) is 19.9. The summed E-state index contributed by atoms with van der Waals surface area (Å²) < 4.78 is 1.65. The molecule has 174 valence electrons. The maximum absolute atomic E-state index is 12.9. The Balaban J connectivity index is 1.57. The lowest BCUT2D eigenvalue weighted by Crippen LogP contribution is -2.16. The van der Waals surface area contributed by atoms with E-state index in [1.54, 1.807) is 29.3 Å². The maximum Gasteiger partial charge on any atom is 0.257 e. The summed E-state index contributed by atoms with van der Waals surface area (Å²) in [5.74, 6) is 1.23. The molecule has 0 aliphatic carbocycles. The third-order valence-corrected chi connectivity index (χ3v) is 5.34. The molecular formula is C25H28N8O.